The van der Waals surface area contributed by atoms with Gasteiger partial charge in [-0.05, 0) is 19.9 Å². The summed E-state index contributed by atoms with van der Waals surface area (Å²) in [6, 6.07) is 0.583. The lowest BCUT2D eigenvalue weighted by Crippen LogP contribution is -2.33. The molecule has 60 valence electrons. The lowest BCUT2D eigenvalue weighted by atomic mass is 10.3. The molecule has 0 aromatic heterocycles. The smallest absolute Gasteiger partial charge is 0.0656 e. The zero-order valence-corrected chi connectivity index (χ0v) is 6.76. The summed E-state index contributed by atoms with van der Waals surface area (Å²) in [5.41, 5.74) is 0. The molecule has 0 amide bonds. The highest BCUT2D eigenvalue weighted by molar-refractivity contribution is 4.74. The van der Waals surface area contributed by atoms with Gasteiger partial charge in [-0.1, -0.05) is 0 Å². The van der Waals surface area contributed by atoms with Crippen molar-refractivity contribution in [3.8, 4) is 0 Å². The van der Waals surface area contributed by atoms with Gasteiger partial charge in [-0.3, -0.25) is 4.84 Å². The minimum Gasteiger partial charge on any atom is -0.315 e. The number of hydroxylamine groups is 2. The molecule has 1 saturated heterocycles. The lowest BCUT2D eigenvalue weighted by Gasteiger charge is -2.21. The van der Waals surface area contributed by atoms with E-state index in [4.69, 9.17) is 4.84 Å². The molecule has 1 aliphatic rings. The molecule has 0 aromatic carbocycles. The van der Waals surface area contributed by atoms with Gasteiger partial charge in [0.25, 0.3) is 0 Å². The quantitative estimate of drug-likeness (QED) is 0.574. The lowest BCUT2D eigenvalue weighted by molar-refractivity contribution is -0.158. The molecular weight excluding hydrogens is 128 g/mol. The van der Waals surface area contributed by atoms with Crippen molar-refractivity contribution < 1.29 is 4.84 Å². The van der Waals surface area contributed by atoms with Crippen molar-refractivity contribution in [1.82, 2.24) is 10.4 Å². The van der Waals surface area contributed by atoms with E-state index in [1.807, 2.05) is 19.0 Å². The first-order valence-corrected chi connectivity index (χ1v) is 3.91. The predicted octanol–water partition coefficient (Wildman–Crippen LogP) is 0.232. The van der Waals surface area contributed by atoms with Gasteiger partial charge < -0.3 is 5.32 Å². The SMILES string of the molecule is CCON(C)C1CCNC1. The number of nitrogens with one attached hydrogen (secondary N) is 1. The van der Waals surface area contributed by atoms with E-state index in [0.717, 1.165) is 19.7 Å². The molecule has 3 nitrogen and oxygen atoms in total. The Kier molecular flexibility index (Phi) is 3.12. The van der Waals surface area contributed by atoms with Gasteiger partial charge in [0, 0.05) is 19.6 Å². The maximum atomic E-state index is 5.32. The molecule has 3 heteroatoms. The van der Waals surface area contributed by atoms with Gasteiger partial charge in [-0.15, -0.1) is 0 Å². The van der Waals surface area contributed by atoms with E-state index in [2.05, 4.69) is 5.32 Å². The summed E-state index contributed by atoms with van der Waals surface area (Å²) in [5, 5.41) is 5.25. The van der Waals surface area contributed by atoms with Crippen LogP contribution in [0.3, 0.4) is 0 Å². The largest absolute Gasteiger partial charge is 0.315 e. The molecule has 0 bridgehead atoms. The summed E-state index contributed by atoms with van der Waals surface area (Å²) >= 11 is 0. The molecule has 0 aromatic rings. The first-order valence-electron chi connectivity index (χ1n) is 3.91. The average molecular weight is 144 g/mol. The Morgan fingerprint density at radius 3 is 3.00 bits per heavy atom. The Balaban J connectivity index is 2.18. The third-order valence-corrected chi connectivity index (χ3v) is 1.88. The fourth-order valence-corrected chi connectivity index (χ4v) is 1.26. The van der Waals surface area contributed by atoms with Crippen LogP contribution in [0.25, 0.3) is 0 Å². The van der Waals surface area contributed by atoms with Crippen LogP contribution in [0.4, 0.5) is 0 Å². The summed E-state index contributed by atoms with van der Waals surface area (Å²) in [6.07, 6.45) is 1.20. The summed E-state index contributed by atoms with van der Waals surface area (Å²) < 4.78 is 0. The number of hydrogen-bond donors (Lipinski definition) is 1. The van der Waals surface area contributed by atoms with Crippen molar-refractivity contribution in [2.45, 2.75) is 19.4 Å². The molecule has 1 fully saturated rings. The average Bonchev–Trinajstić information content (AvgIpc) is 2.38. The number of rotatable bonds is 3. The summed E-state index contributed by atoms with van der Waals surface area (Å²) in [5.74, 6) is 0. The third kappa shape index (κ3) is 1.94. The van der Waals surface area contributed by atoms with Crippen LogP contribution in [0.2, 0.25) is 0 Å². The van der Waals surface area contributed by atoms with Crippen LogP contribution < -0.4 is 5.32 Å². The molecule has 0 spiro atoms. The standard InChI is InChI=1S/C7H16N2O/c1-3-10-9(2)7-4-5-8-6-7/h7-8H,3-6H2,1-2H3. The predicted molar refractivity (Wildman–Crippen MR) is 40.7 cm³/mol. The van der Waals surface area contributed by atoms with Gasteiger partial charge >= 0.3 is 0 Å². The summed E-state index contributed by atoms with van der Waals surface area (Å²) in [6.45, 7) is 4.98. The van der Waals surface area contributed by atoms with E-state index in [-0.39, 0.29) is 0 Å². The molecule has 10 heavy (non-hydrogen) atoms. The molecule has 1 rings (SSSR count). The van der Waals surface area contributed by atoms with Crippen LogP contribution in [0.15, 0.2) is 0 Å². The number of nitrogens with zero attached hydrogens (tertiary/aromatic N) is 1. The fraction of sp³-hybridized carbons (Fsp3) is 1.00. The second-order valence-corrected chi connectivity index (χ2v) is 2.61. The second-order valence-electron chi connectivity index (χ2n) is 2.61. The molecule has 1 heterocycles. The van der Waals surface area contributed by atoms with E-state index in [9.17, 15) is 0 Å². The normalized spacial score (nSPS) is 26.1. The van der Waals surface area contributed by atoms with Crippen molar-refractivity contribution in [2.75, 3.05) is 26.7 Å². The van der Waals surface area contributed by atoms with Crippen LogP contribution in [-0.4, -0.2) is 37.8 Å². The van der Waals surface area contributed by atoms with Crippen LogP contribution >= 0.6 is 0 Å². The molecule has 0 saturated carbocycles. The number of likely N-dealkylation sites (N-methyl/N-ethyl adjacent to an activating group) is 1. The van der Waals surface area contributed by atoms with Crippen LogP contribution in [0.5, 0.6) is 0 Å². The van der Waals surface area contributed by atoms with Gasteiger partial charge in [0.05, 0.1) is 6.61 Å². The van der Waals surface area contributed by atoms with Gasteiger partial charge in [-0.25, -0.2) is 0 Å². The van der Waals surface area contributed by atoms with Crippen molar-refractivity contribution in [1.29, 1.82) is 0 Å². The van der Waals surface area contributed by atoms with Gasteiger partial charge in [0.1, 0.15) is 0 Å². The molecule has 1 N–H and O–H groups in total. The molecule has 1 atom stereocenters. The monoisotopic (exact) mass is 144 g/mol. The van der Waals surface area contributed by atoms with Gasteiger partial charge in [0.2, 0.25) is 0 Å². The van der Waals surface area contributed by atoms with Crippen molar-refractivity contribution in [2.24, 2.45) is 0 Å². The molecule has 0 aliphatic carbocycles. The maximum Gasteiger partial charge on any atom is 0.0656 e. The van der Waals surface area contributed by atoms with Crippen molar-refractivity contribution in [3.63, 3.8) is 0 Å². The first-order chi connectivity index (χ1) is 4.84. The first kappa shape index (κ1) is 7.98. The van der Waals surface area contributed by atoms with E-state index >= 15 is 0 Å². The Labute approximate surface area is 62.3 Å². The minimum atomic E-state index is 0.583. The van der Waals surface area contributed by atoms with E-state index in [1.165, 1.54) is 6.42 Å². The highest BCUT2D eigenvalue weighted by Gasteiger charge is 2.18. The summed E-state index contributed by atoms with van der Waals surface area (Å²) in [7, 11) is 2.00. The van der Waals surface area contributed by atoms with Crippen LogP contribution in [0.1, 0.15) is 13.3 Å². The zero-order chi connectivity index (χ0) is 7.40. The Hall–Kier alpha value is -0.120. The Bertz CT molecular complexity index is 91.6. The minimum absolute atomic E-state index is 0.583. The molecule has 1 aliphatic heterocycles. The highest BCUT2D eigenvalue weighted by atomic mass is 16.7. The van der Waals surface area contributed by atoms with E-state index in [0.29, 0.717) is 6.04 Å². The molecular formula is C7H16N2O. The van der Waals surface area contributed by atoms with Crippen LogP contribution in [0, 0.1) is 0 Å². The maximum absolute atomic E-state index is 5.32. The van der Waals surface area contributed by atoms with Gasteiger partial charge in [-0.2, -0.15) is 5.06 Å². The van der Waals surface area contributed by atoms with E-state index in [1.54, 1.807) is 0 Å². The molecule has 1 unspecified atom stereocenters. The van der Waals surface area contributed by atoms with Crippen molar-refractivity contribution >= 4 is 0 Å². The second kappa shape index (κ2) is 3.91. The fourth-order valence-electron chi connectivity index (χ4n) is 1.26. The molecule has 0 radical (unpaired) electrons. The summed E-state index contributed by atoms with van der Waals surface area (Å²) in [4.78, 5) is 5.32. The zero-order valence-electron chi connectivity index (χ0n) is 6.76. The van der Waals surface area contributed by atoms with Gasteiger partial charge in [0.15, 0.2) is 0 Å². The topological polar surface area (TPSA) is 24.5 Å². The Morgan fingerprint density at radius 1 is 1.70 bits per heavy atom. The third-order valence-electron chi connectivity index (χ3n) is 1.88. The number of hydrogen-bond acceptors (Lipinski definition) is 3. The Morgan fingerprint density at radius 2 is 2.50 bits per heavy atom. The highest BCUT2D eigenvalue weighted by Crippen LogP contribution is 2.05. The van der Waals surface area contributed by atoms with E-state index < -0.39 is 0 Å². The van der Waals surface area contributed by atoms with Crippen molar-refractivity contribution in [3.05, 3.63) is 0 Å². The van der Waals surface area contributed by atoms with Crippen LogP contribution in [-0.2, 0) is 4.84 Å².